The molecule has 0 radical (unpaired) electrons. The van der Waals surface area contributed by atoms with Crippen molar-refractivity contribution in [2.24, 2.45) is 5.92 Å². The van der Waals surface area contributed by atoms with Crippen molar-refractivity contribution in [1.82, 2.24) is 4.57 Å². The third-order valence-corrected chi connectivity index (χ3v) is 5.91. The van der Waals surface area contributed by atoms with Crippen LogP contribution in [0.2, 0.25) is 0 Å². The number of aromatic nitrogens is 1. The summed E-state index contributed by atoms with van der Waals surface area (Å²) < 4.78 is 6.13. The Balaban J connectivity index is 1.87. The second-order valence-electron chi connectivity index (χ2n) is 6.94. The van der Waals surface area contributed by atoms with Crippen molar-refractivity contribution in [3.8, 4) is 0 Å². The van der Waals surface area contributed by atoms with E-state index in [1.807, 2.05) is 0 Å². The average molecular weight is 419 g/mol. The first-order valence-corrected chi connectivity index (χ1v) is 10.1. The lowest BCUT2D eigenvalue weighted by molar-refractivity contribution is -0.385. The summed E-state index contributed by atoms with van der Waals surface area (Å²) in [6, 6.07) is 2.13. The van der Waals surface area contributed by atoms with Gasteiger partial charge in [-0.15, -0.1) is 11.3 Å². The fourth-order valence-electron chi connectivity index (χ4n) is 3.33. The minimum atomic E-state index is -0.638. The van der Waals surface area contributed by atoms with Crippen molar-refractivity contribution in [3.63, 3.8) is 0 Å². The van der Waals surface area contributed by atoms with Crippen LogP contribution in [0, 0.1) is 16.0 Å². The molecule has 0 aliphatic heterocycles. The maximum absolute atomic E-state index is 12.5. The number of pyridine rings is 1. The summed E-state index contributed by atoms with van der Waals surface area (Å²) in [5, 5.41) is 14.0. The number of ether oxygens (including phenoxy) is 1. The van der Waals surface area contributed by atoms with Crippen LogP contribution >= 0.6 is 11.3 Å². The highest BCUT2D eigenvalue weighted by Gasteiger charge is 2.29. The number of hydrogen-bond donors (Lipinski definition) is 1. The van der Waals surface area contributed by atoms with Crippen molar-refractivity contribution in [3.05, 3.63) is 54.8 Å². The highest BCUT2D eigenvalue weighted by Crippen LogP contribution is 2.40. The van der Waals surface area contributed by atoms with Crippen LogP contribution in [0.3, 0.4) is 0 Å². The highest BCUT2D eigenvalue weighted by molar-refractivity contribution is 7.17. The van der Waals surface area contributed by atoms with Gasteiger partial charge in [0.15, 0.2) is 0 Å². The highest BCUT2D eigenvalue weighted by atomic mass is 32.1. The van der Waals surface area contributed by atoms with Crippen LogP contribution in [0.5, 0.6) is 0 Å². The summed E-state index contributed by atoms with van der Waals surface area (Å²) in [4.78, 5) is 48.3. The molecule has 0 fully saturated rings. The van der Waals surface area contributed by atoms with Crippen molar-refractivity contribution in [2.45, 2.75) is 39.7 Å². The van der Waals surface area contributed by atoms with Gasteiger partial charge in [0, 0.05) is 17.0 Å². The lowest BCUT2D eigenvalue weighted by Gasteiger charge is -2.18. The zero-order valence-corrected chi connectivity index (χ0v) is 16.9. The van der Waals surface area contributed by atoms with Gasteiger partial charge in [-0.3, -0.25) is 24.3 Å². The lowest BCUT2D eigenvalue weighted by Crippen LogP contribution is -2.27. The first kappa shape index (κ1) is 20.7. The number of esters is 1. The standard InChI is InChI=1S/C19H21N3O6S/c1-3-28-19(25)17-13-6-4-11(2)8-14(13)29-18(17)20-15(23)10-21-9-12(22(26)27)5-7-16(21)24/h5,7,9,11H,3-4,6,8,10H2,1-2H3,(H,20,23)/t11-/m1/s1. The van der Waals surface area contributed by atoms with E-state index in [2.05, 4.69) is 12.2 Å². The molecular weight excluding hydrogens is 398 g/mol. The van der Waals surface area contributed by atoms with Crippen molar-refractivity contribution < 1.29 is 19.2 Å². The number of fused-ring (bicyclic) bond motifs is 1. The summed E-state index contributed by atoms with van der Waals surface area (Å²) in [5.74, 6) is -0.546. The van der Waals surface area contributed by atoms with Gasteiger partial charge in [-0.25, -0.2) is 4.79 Å². The molecule has 2 aromatic rings. The summed E-state index contributed by atoms with van der Waals surface area (Å²) in [5.41, 5.74) is 0.466. The second-order valence-corrected chi connectivity index (χ2v) is 8.04. The van der Waals surface area contributed by atoms with Gasteiger partial charge in [0.05, 0.1) is 23.3 Å². The van der Waals surface area contributed by atoms with Crippen LogP contribution < -0.4 is 10.9 Å². The Morgan fingerprint density at radius 3 is 2.86 bits per heavy atom. The molecule has 10 heteroatoms. The Bertz CT molecular complexity index is 1030. The number of nitrogens with one attached hydrogen (secondary N) is 1. The number of anilines is 1. The van der Waals surface area contributed by atoms with E-state index in [4.69, 9.17) is 4.74 Å². The molecule has 1 aliphatic carbocycles. The summed E-state index contributed by atoms with van der Waals surface area (Å²) in [6.45, 7) is 3.67. The number of rotatable bonds is 6. The van der Waals surface area contributed by atoms with E-state index in [0.717, 1.165) is 52.6 Å². The van der Waals surface area contributed by atoms with Crippen LogP contribution in [0.4, 0.5) is 10.7 Å². The smallest absolute Gasteiger partial charge is 0.341 e. The van der Waals surface area contributed by atoms with E-state index >= 15 is 0 Å². The SMILES string of the molecule is CCOC(=O)c1c(NC(=O)Cn2cc([N+](=O)[O-])ccc2=O)sc2c1CC[C@@H](C)C2. The van der Waals surface area contributed by atoms with Crippen LogP contribution in [0.15, 0.2) is 23.1 Å². The molecule has 154 valence electrons. The normalized spacial score (nSPS) is 15.4. The van der Waals surface area contributed by atoms with E-state index in [-0.39, 0.29) is 12.3 Å². The maximum Gasteiger partial charge on any atom is 0.341 e. The number of nitrogens with zero attached hydrogens (tertiary/aromatic N) is 2. The zero-order chi connectivity index (χ0) is 21.1. The maximum atomic E-state index is 12.5. The molecule has 0 saturated carbocycles. The molecule has 0 spiro atoms. The number of amides is 1. The van der Waals surface area contributed by atoms with E-state index in [1.54, 1.807) is 6.92 Å². The summed E-state index contributed by atoms with van der Waals surface area (Å²) >= 11 is 1.34. The summed E-state index contributed by atoms with van der Waals surface area (Å²) in [6.07, 6.45) is 3.54. The molecular formula is C19H21N3O6S. The molecule has 1 amide bonds. The van der Waals surface area contributed by atoms with Gasteiger partial charge in [0.1, 0.15) is 11.5 Å². The molecule has 9 nitrogen and oxygen atoms in total. The molecule has 1 N–H and O–H groups in total. The minimum absolute atomic E-state index is 0.219. The van der Waals surface area contributed by atoms with Crippen LogP contribution in [0.25, 0.3) is 0 Å². The van der Waals surface area contributed by atoms with E-state index in [1.165, 1.54) is 11.3 Å². The minimum Gasteiger partial charge on any atom is -0.462 e. The van der Waals surface area contributed by atoms with E-state index in [0.29, 0.717) is 16.5 Å². The zero-order valence-electron chi connectivity index (χ0n) is 16.1. The molecule has 0 bridgehead atoms. The topological polar surface area (TPSA) is 121 Å². The number of nitro groups is 1. The van der Waals surface area contributed by atoms with Gasteiger partial charge in [0.25, 0.3) is 11.2 Å². The van der Waals surface area contributed by atoms with Gasteiger partial charge in [-0.05, 0) is 37.7 Å². The molecule has 0 saturated heterocycles. The second kappa shape index (κ2) is 8.56. The fourth-order valence-corrected chi connectivity index (χ4v) is 4.74. The third-order valence-electron chi connectivity index (χ3n) is 4.74. The lowest BCUT2D eigenvalue weighted by atomic mass is 9.88. The Hall–Kier alpha value is -3.01. The van der Waals surface area contributed by atoms with Gasteiger partial charge in [-0.1, -0.05) is 6.92 Å². The fraction of sp³-hybridized carbons (Fsp3) is 0.421. The van der Waals surface area contributed by atoms with Crippen molar-refractivity contribution in [2.75, 3.05) is 11.9 Å². The van der Waals surface area contributed by atoms with Crippen molar-refractivity contribution in [1.29, 1.82) is 0 Å². The molecule has 2 aromatic heterocycles. The number of thiophene rings is 1. The first-order chi connectivity index (χ1) is 13.8. The molecule has 1 atom stereocenters. The van der Waals surface area contributed by atoms with Gasteiger partial charge in [0.2, 0.25) is 5.91 Å². The quantitative estimate of drug-likeness (QED) is 0.437. The van der Waals surface area contributed by atoms with Gasteiger partial charge >= 0.3 is 5.97 Å². The molecule has 2 heterocycles. The van der Waals surface area contributed by atoms with Crippen LogP contribution in [-0.4, -0.2) is 28.0 Å². The third kappa shape index (κ3) is 4.53. The van der Waals surface area contributed by atoms with Gasteiger partial charge < -0.3 is 10.1 Å². The Kier molecular flexibility index (Phi) is 6.12. The summed E-state index contributed by atoms with van der Waals surface area (Å²) in [7, 11) is 0. The predicted octanol–water partition coefficient (Wildman–Crippen LogP) is 2.76. The van der Waals surface area contributed by atoms with Crippen molar-refractivity contribution >= 4 is 33.9 Å². The average Bonchev–Trinajstić information content (AvgIpc) is 3.00. The number of carbonyl (C=O) groups excluding carboxylic acids is 2. The van der Waals surface area contributed by atoms with Crippen LogP contribution in [-0.2, 0) is 28.9 Å². The monoisotopic (exact) mass is 419 g/mol. The first-order valence-electron chi connectivity index (χ1n) is 9.26. The molecule has 0 unspecified atom stereocenters. The Labute approximate surface area is 170 Å². The molecule has 29 heavy (non-hydrogen) atoms. The van der Waals surface area contributed by atoms with Crippen LogP contribution in [0.1, 0.15) is 41.1 Å². The number of carbonyl (C=O) groups is 2. The Morgan fingerprint density at radius 2 is 2.17 bits per heavy atom. The largest absolute Gasteiger partial charge is 0.462 e. The van der Waals surface area contributed by atoms with E-state index < -0.39 is 28.9 Å². The van der Waals surface area contributed by atoms with E-state index in [9.17, 15) is 24.5 Å². The molecule has 3 rings (SSSR count). The molecule has 0 aromatic carbocycles. The predicted molar refractivity (Wildman–Crippen MR) is 107 cm³/mol. The van der Waals surface area contributed by atoms with Gasteiger partial charge in [-0.2, -0.15) is 0 Å². The molecule has 1 aliphatic rings. The number of hydrogen-bond acceptors (Lipinski definition) is 7. The Morgan fingerprint density at radius 1 is 1.41 bits per heavy atom.